The minimum absolute atomic E-state index is 0.144. The maximum atomic E-state index is 12.7. The van der Waals surface area contributed by atoms with Crippen molar-refractivity contribution in [1.82, 2.24) is 9.55 Å². The number of rotatable bonds is 5. The molecule has 0 unspecified atom stereocenters. The van der Waals surface area contributed by atoms with Crippen molar-refractivity contribution in [3.05, 3.63) is 57.0 Å². The van der Waals surface area contributed by atoms with Gasteiger partial charge in [-0.25, -0.2) is 9.78 Å². The Balaban J connectivity index is 1.86. The molecule has 2 aromatic heterocycles. The SMILES string of the molecule is CCOC(=O)c1ccc(NC(=O)c2sc3ncn(CC)c(=O)c3c2C)cc1. The third-order valence-electron chi connectivity index (χ3n) is 4.12. The Morgan fingerprint density at radius 2 is 1.93 bits per heavy atom. The monoisotopic (exact) mass is 385 g/mol. The first-order valence-electron chi connectivity index (χ1n) is 8.53. The van der Waals surface area contributed by atoms with Crippen molar-refractivity contribution in [2.75, 3.05) is 11.9 Å². The molecule has 27 heavy (non-hydrogen) atoms. The standard InChI is InChI=1S/C19H19N3O4S/c1-4-22-10-20-17-14(18(22)24)11(3)15(27-17)16(23)21-13-8-6-12(7-9-13)19(25)26-5-2/h6-10H,4-5H2,1-3H3,(H,21,23). The molecule has 0 saturated carbocycles. The number of aryl methyl sites for hydroxylation is 2. The van der Waals surface area contributed by atoms with Crippen LogP contribution in [0.4, 0.5) is 5.69 Å². The van der Waals surface area contributed by atoms with Gasteiger partial charge in [0.2, 0.25) is 0 Å². The number of thiophene rings is 1. The molecule has 0 aliphatic heterocycles. The van der Waals surface area contributed by atoms with Gasteiger partial charge in [0.1, 0.15) is 4.83 Å². The van der Waals surface area contributed by atoms with Crippen molar-refractivity contribution in [3.8, 4) is 0 Å². The van der Waals surface area contributed by atoms with Gasteiger partial charge in [0.15, 0.2) is 0 Å². The Kier molecular flexibility index (Phi) is 5.36. The number of nitrogens with one attached hydrogen (secondary N) is 1. The van der Waals surface area contributed by atoms with Gasteiger partial charge >= 0.3 is 5.97 Å². The number of esters is 1. The van der Waals surface area contributed by atoms with Crippen LogP contribution >= 0.6 is 11.3 Å². The number of carbonyl (C=O) groups excluding carboxylic acids is 2. The molecular weight excluding hydrogens is 366 g/mol. The highest BCUT2D eigenvalue weighted by Gasteiger charge is 2.19. The molecule has 1 aromatic carbocycles. The highest BCUT2D eigenvalue weighted by Crippen LogP contribution is 2.27. The molecule has 3 rings (SSSR count). The van der Waals surface area contributed by atoms with Crippen LogP contribution in [0.25, 0.3) is 10.2 Å². The number of aromatic nitrogens is 2. The van der Waals surface area contributed by atoms with Gasteiger partial charge in [-0.15, -0.1) is 11.3 Å². The van der Waals surface area contributed by atoms with E-state index in [4.69, 9.17) is 4.74 Å². The molecule has 0 aliphatic carbocycles. The first kappa shape index (κ1) is 18.8. The molecule has 3 aromatic rings. The van der Waals surface area contributed by atoms with Gasteiger partial charge in [-0.05, 0) is 50.6 Å². The maximum Gasteiger partial charge on any atom is 0.338 e. The first-order chi connectivity index (χ1) is 13.0. The predicted octanol–water partition coefficient (Wildman–Crippen LogP) is 3.22. The van der Waals surface area contributed by atoms with Crippen LogP contribution in [0.15, 0.2) is 35.4 Å². The van der Waals surface area contributed by atoms with Crippen LogP contribution < -0.4 is 10.9 Å². The summed E-state index contributed by atoms with van der Waals surface area (Å²) in [6, 6.07) is 6.45. The summed E-state index contributed by atoms with van der Waals surface area (Å²) in [5, 5.41) is 3.27. The lowest BCUT2D eigenvalue weighted by Gasteiger charge is -2.06. The van der Waals surface area contributed by atoms with Crippen LogP contribution in [-0.4, -0.2) is 28.0 Å². The van der Waals surface area contributed by atoms with Crippen LogP contribution in [0.5, 0.6) is 0 Å². The molecule has 0 fully saturated rings. The molecule has 8 heteroatoms. The predicted molar refractivity (Wildman–Crippen MR) is 105 cm³/mol. The van der Waals surface area contributed by atoms with E-state index in [1.807, 2.05) is 6.92 Å². The summed E-state index contributed by atoms with van der Waals surface area (Å²) in [5.74, 6) is -0.726. The van der Waals surface area contributed by atoms with Crippen LogP contribution in [0.2, 0.25) is 0 Å². The van der Waals surface area contributed by atoms with Gasteiger partial charge in [-0.3, -0.25) is 14.2 Å². The summed E-state index contributed by atoms with van der Waals surface area (Å²) < 4.78 is 6.45. The van der Waals surface area contributed by atoms with Crippen LogP contribution in [0.3, 0.4) is 0 Å². The summed E-state index contributed by atoms with van der Waals surface area (Å²) in [7, 11) is 0. The molecule has 1 amide bonds. The first-order valence-corrected chi connectivity index (χ1v) is 9.35. The molecule has 0 saturated heterocycles. The van der Waals surface area contributed by atoms with Gasteiger partial charge in [-0.2, -0.15) is 0 Å². The smallest absolute Gasteiger partial charge is 0.338 e. The summed E-state index contributed by atoms with van der Waals surface area (Å²) >= 11 is 1.19. The zero-order valence-electron chi connectivity index (χ0n) is 15.2. The van der Waals surface area contributed by atoms with E-state index in [-0.39, 0.29) is 11.5 Å². The number of anilines is 1. The number of benzene rings is 1. The average molecular weight is 385 g/mol. The van der Waals surface area contributed by atoms with Crippen LogP contribution in [0, 0.1) is 6.92 Å². The van der Waals surface area contributed by atoms with E-state index in [1.54, 1.807) is 38.1 Å². The summed E-state index contributed by atoms with van der Waals surface area (Å²) in [4.78, 5) is 42.1. The molecule has 1 N–H and O–H groups in total. The molecule has 0 aliphatic rings. The largest absolute Gasteiger partial charge is 0.462 e. The summed E-state index contributed by atoms with van der Waals surface area (Å²) in [5.41, 5.74) is 1.44. The lowest BCUT2D eigenvalue weighted by Crippen LogP contribution is -2.19. The average Bonchev–Trinajstić information content (AvgIpc) is 3.00. The fourth-order valence-electron chi connectivity index (χ4n) is 2.69. The molecule has 0 spiro atoms. The van der Waals surface area contributed by atoms with E-state index in [9.17, 15) is 14.4 Å². The molecule has 7 nitrogen and oxygen atoms in total. The van der Waals surface area contributed by atoms with E-state index < -0.39 is 5.97 Å². The number of hydrogen-bond acceptors (Lipinski definition) is 6. The summed E-state index contributed by atoms with van der Waals surface area (Å²) in [6.07, 6.45) is 1.50. The number of nitrogens with zero attached hydrogens (tertiary/aromatic N) is 2. The molecule has 140 valence electrons. The second-order valence-corrected chi connectivity index (χ2v) is 6.82. The van der Waals surface area contributed by atoms with E-state index in [1.165, 1.54) is 22.2 Å². The van der Waals surface area contributed by atoms with Crippen molar-refractivity contribution in [3.63, 3.8) is 0 Å². The van der Waals surface area contributed by atoms with Crippen LogP contribution in [-0.2, 0) is 11.3 Å². The fourth-order valence-corrected chi connectivity index (χ4v) is 3.73. The third kappa shape index (κ3) is 3.61. The molecule has 0 atom stereocenters. The Morgan fingerprint density at radius 1 is 1.22 bits per heavy atom. The lowest BCUT2D eigenvalue weighted by atomic mass is 10.2. The number of fused-ring (bicyclic) bond motifs is 1. The lowest BCUT2D eigenvalue weighted by molar-refractivity contribution is 0.0526. The van der Waals surface area contributed by atoms with Crippen LogP contribution in [0.1, 0.15) is 39.4 Å². The van der Waals surface area contributed by atoms with Gasteiger partial charge in [0.05, 0.1) is 28.8 Å². The number of hydrogen-bond donors (Lipinski definition) is 1. The van der Waals surface area contributed by atoms with Crippen molar-refractivity contribution in [2.24, 2.45) is 0 Å². The zero-order chi connectivity index (χ0) is 19.6. The Bertz CT molecular complexity index is 1070. The number of carbonyl (C=O) groups is 2. The minimum atomic E-state index is -0.408. The maximum absolute atomic E-state index is 12.7. The van der Waals surface area contributed by atoms with Crippen molar-refractivity contribution < 1.29 is 14.3 Å². The zero-order valence-corrected chi connectivity index (χ0v) is 16.1. The van der Waals surface area contributed by atoms with E-state index in [0.717, 1.165) is 0 Å². The summed E-state index contributed by atoms with van der Waals surface area (Å²) in [6.45, 7) is 6.18. The number of ether oxygens (including phenoxy) is 1. The minimum Gasteiger partial charge on any atom is -0.462 e. The Labute approximate surface area is 159 Å². The van der Waals surface area contributed by atoms with E-state index in [0.29, 0.717) is 45.1 Å². The molecule has 0 bridgehead atoms. The van der Waals surface area contributed by atoms with E-state index >= 15 is 0 Å². The second-order valence-electron chi connectivity index (χ2n) is 5.82. The third-order valence-corrected chi connectivity index (χ3v) is 5.32. The van der Waals surface area contributed by atoms with Gasteiger partial charge in [0, 0.05) is 12.2 Å². The van der Waals surface area contributed by atoms with E-state index in [2.05, 4.69) is 10.3 Å². The van der Waals surface area contributed by atoms with Gasteiger partial charge < -0.3 is 10.1 Å². The topological polar surface area (TPSA) is 90.3 Å². The molecule has 2 heterocycles. The highest BCUT2D eigenvalue weighted by atomic mass is 32.1. The molecule has 0 radical (unpaired) electrons. The van der Waals surface area contributed by atoms with Crippen molar-refractivity contribution in [1.29, 1.82) is 0 Å². The normalized spacial score (nSPS) is 10.8. The highest BCUT2D eigenvalue weighted by molar-refractivity contribution is 7.20. The number of amides is 1. The molecular formula is C19H19N3O4S. The van der Waals surface area contributed by atoms with Crippen molar-refractivity contribution >= 4 is 39.1 Å². The van der Waals surface area contributed by atoms with Gasteiger partial charge in [-0.1, -0.05) is 0 Å². The fraction of sp³-hybridized carbons (Fsp3) is 0.263. The quantitative estimate of drug-likeness (QED) is 0.681. The Morgan fingerprint density at radius 3 is 2.56 bits per heavy atom. The van der Waals surface area contributed by atoms with Gasteiger partial charge in [0.25, 0.3) is 11.5 Å². The Hall–Kier alpha value is -3.00. The second kappa shape index (κ2) is 7.71. The van der Waals surface area contributed by atoms with Crippen molar-refractivity contribution in [2.45, 2.75) is 27.3 Å².